The summed E-state index contributed by atoms with van der Waals surface area (Å²) >= 11 is 0. The van der Waals surface area contributed by atoms with Crippen LogP contribution in [0, 0.1) is 25.2 Å². The average molecular weight is 415 g/mol. The number of hydrogen-bond acceptors (Lipinski definition) is 4. The van der Waals surface area contributed by atoms with Crippen molar-refractivity contribution in [1.82, 2.24) is 8.87 Å². The molecule has 1 amide bonds. The zero-order valence-corrected chi connectivity index (χ0v) is 18.2. The van der Waals surface area contributed by atoms with E-state index in [-0.39, 0.29) is 10.5 Å². The molecule has 0 atom stereocenters. The van der Waals surface area contributed by atoms with Crippen LogP contribution >= 0.6 is 0 Å². The van der Waals surface area contributed by atoms with Gasteiger partial charge in [0.25, 0.3) is 5.91 Å². The number of nitriles is 1. The van der Waals surface area contributed by atoms with Crippen LogP contribution in [-0.2, 0) is 21.4 Å². The maximum atomic E-state index is 12.5. The van der Waals surface area contributed by atoms with Crippen LogP contribution in [0.3, 0.4) is 0 Å². The van der Waals surface area contributed by atoms with E-state index in [4.69, 9.17) is 0 Å². The van der Waals surface area contributed by atoms with Gasteiger partial charge in [-0.15, -0.1) is 0 Å². The Kier molecular flexibility index (Phi) is 7.01. The number of benzene rings is 1. The number of aryl methyl sites for hydroxylation is 1. The van der Waals surface area contributed by atoms with Gasteiger partial charge in [-0.25, -0.2) is 12.7 Å². The molecule has 0 unspecified atom stereocenters. The Labute approximate surface area is 172 Å². The summed E-state index contributed by atoms with van der Waals surface area (Å²) in [5.74, 6) is -0.545. The van der Waals surface area contributed by atoms with Gasteiger partial charge in [0.05, 0.1) is 4.90 Å². The number of aromatic nitrogens is 1. The van der Waals surface area contributed by atoms with E-state index < -0.39 is 15.9 Å². The summed E-state index contributed by atoms with van der Waals surface area (Å²) in [5.41, 5.74) is 3.29. The molecule has 2 aromatic rings. The van der Waals surface area contributed by atoms with Crippen LogP contribution in [0.1, 0.15) is 30.3 Å². The molecule has 0 aliphatic carbocycles. The van der Waals surface area contributed by atoms with Crippen molar-refractivity contribution in [2.45, 2.75) is 38.6 Å². The molecule has 0 fully saturated rings. The summed E-state index contributed by atoms with van der Waals surface area (Å²) in [6.07, 6.45) is 2.57. The van der Waals surface area contributed by atoms with E-state index >= 15 is 0 Å². The second-order valence-electron chi connectivity index (χ2n) is 6.91. The summed E-state index contributed by atoms with van der Waals surface area (Å²) < 4.78 is 27.5. The second kappa shape index (κ2) is 9.07. The molecule has 1 heterocycles. The normalized spacial score (nSPS) is 12.1. The predicted octanol–water partition coefficient (Wildman–Crippen LogP) is 3.31. The molecule has 7 nitrogen and oxygen atoms in total. The minimum absolute atomic E-state index is 0.0215. The highest BCUT2D eigenvalue weighted by molar-refractivity contribution is 7.89. The molecule has 0 bridgehead atoms. The molecular formula is C21H26N4O3S. The number of carbonyl (C=O) groups is 1. The molecular weight excluding hydrogens is 388 g/mol. The monoisotopic (exact) mass is 414 g/mol. The van der Waals surface area contributed by atoms with Gasteiger partial charge in [-0.1, -0.05) is 6.92 Å². The predicted molar refractivity (Wildman–Crippen MR) is 114 cm³/mol. The molecule has 0 aliphatic rings. The van der Waals surface area contributed by atoms with Crippen molar-refractivity contribution < 1.29 is 13.2 Å². The van der Waals surface area contributed by atoms with E-state index in [1.54, 1.807) is 6.08 Å². The highest BCUT2D eigenvalue weighted by Crippen LogP contribution is 2.20. The van der Waals surface area contributed by atoms with Crippen LogP contribution in [0.4, 0.5) is 5.69 Å². The van der Waals surface area contributed by atoms with E-state index in [2.05, 4.69) is 16.8 Å². The summed E-state index contributed by atoms with van der Waals surface area (Å²) in [6.45, 7) is 6.93. The van der Waals surface area contributed by atoms with Gasteiger partial charge in [0, 0.05) is 37.7 Å². The molecule has 1 aromatic carbocycles. The Balaban J connectivity index is 2.24. The number of sulfonamides is 1. The first-order chi connectivity index (χ1) is 13.6. The Morgan fingerprint density at radius 1 is 1.24 bits per heavy atom. The van der Waals surface area contributed by atoms with Gasteiger partial charge >= 0.3 is 0 Å². The molecule has 0 saturated heterocycles. The smallest absolute Gasteiger partial charge is 0.266 e. The van der Waals surface area contributed by atoms with E-state index in [9.17, 15) is 18.5 Å². The van der Waals surface area contributed by atoms with Gasteiger partial charge in [0.15, 0.2) is 0 Å². The first kappa shape index (κ1) is 22.4. The quantitative estimate of drug-likeness (QED) is 0.555. The number of amides is 1. The number of anilines is 1. The lowest BCUT2D eigenvalue weighted by molar-refractivity contribution is -0.112. The van der Waals surface area contributed by atoms with Crippen LogP contribution in [0.25, 0.3) is 6.08 Å². The summed E-state index contributed by atoms with van der Waals surface area (Å²) in [6, 6.07) is 9.73. The highest BCUT2D eigenvalue weighted by atomic mass is 32.2. The first-order valence-corrected chi connectivity index (χ1v) is 10.7. The van der Waals surface area contributed by atoms with Crippen LogP contribution < -0.4 is 5.32 Å². The highest BCUT2D eigenvalue weighted by Gasteiger charge is 2.17. The number of hydrogen-bond donors (Lipinski definition) is 1. The van der Waals surface area contributed by atoms with Gasteiger partial charge < -0.3 is 9.88 Å². The third-order valence-corrected chi connectivity index (χ3v) is 6.45. The van der Waals surface area contributed by atoms with E-state index in [1.807, 2.05) is 26.0 Å². The standard InChI is InChI=1S/C21H26N4O3S/c1-6-11-25-15(2)12-17(16(25)3)13-18(14-22)21(26)23-19-7-9-20(10-8-19)29(27,28)24(4)5/h7-10,12-13H,6,11H2,1-5H3,(H,23,26)/b18-13+. The topological polar surface area (TPSA) is 95.2 Å². The maximum Gasteiger partial charge on any atom is 0.266 e. The third-order valence-electron chi connectivity index (χ3n) is 4.62. The van der Waals surface area contributed by atoms with Crippen molar-refractivity contribution in [1.29, 1.82) is 5.26 Å². The third kappa shape index (κ3) is 4.94. The van der Waals surface area contributed by atoms with Gasteiger partial charge in [0.2, 0.25) is 10.0 Å². The van der Waals surface area contributed by atoms with Gasteiger partial charge in [-0.2, -0.15) is 5.26 Å². The minimum atomic E-state index is -3.54. The minimum Gasteiger partial charge on any atom is -0.349 e. The zero-order chi connectivity index (χ0) is 21.8. The SMILES string of the molecule is CCCn1c(C)cc(/C=C(\C#N)C(=O)Nc2ccc(S(=O)(=O)N(C)C)cc2)c1C. The number of carbonyl (C=O) groups excluding carboxylic acids is 1. The fourth-order valence-electron chi connectivity index (χ4n) is 2.97. The fourth-order valence-corrected chi connectivity index (χ4v) is 3.87. The van der Waals surface area contributed by atoms with Crippen molar-refractivity contribution in [2.24, 2.45) is 0 Å². The molecule has 0 radical (unpaired) electrons. The maximum absolute atomic E-state index is 12.5. The molecule has 0 saturated carbocycles. The molecule has 29 heavy (non-hydrogen) atoms. The summed E-state index contributed by atoms with van der Waals surface area (Å²) in [4.78, 5) is 12.7. The molecule has 1 N–H and O–H groups in total. The van der Waals surface area contributed by atoms with Crippen molar-refractivity contribution in [3.63, 3.8) is 0 Å². The lowest BCUT2D eigenvalue weighted by Crippen LogP contribution is -2.22. The molecule has 2 rings (SSSR count). The average Bonchev–Trinajstić information content (AvgIpc) is 2.94. The number of rotatable bonds is 7. The van der Waals surface area contributed by atoms with Gasteiger partial charge in [-0.3, -0.25) is 4.79 Å². The van der Waals surface area contributed by atoms with E-state index in [0.29, 0.717) is 5.69 Å². The van der Waals surface area contributed by atoms with E-state index in [0.717, 1.165) is 34.2 Å². The van der Waals surface area contributed by atoms with E-state index in [1.165, 1.54) is 38.4 Å². The number of nitrogens with zero attached hydrogens (tertiary/aromatic N) is 3. The Hall–Kier alpha value is -2.89. The second-order valence-corrected chi connectivity index (χ2v) is 9.07. The van der Waals surface area contributed by atoms with Gasteiger partial charge in [0.1, 0.15) is 11.6 Å². The molecule has 154 valence electrons. The Morgan fingerprint density at radius 2 is 1.86 bits per heavy atom. The van der Waals surface area contributed by atoms with Crippen molar-refractivity contribution >= 4 is 27.7 Å². The van der Waals surface area contributed by atoms with Crippen molar-refractivity contribution in [2.75, 3.05) is 19.4 Å². The lowest BCUT2D eigenvalue weighted by atomic mass is 10.1. The Morgan fingerprint density at radius 3 is 2.38 bits per heavy atom. The van der Waals surface area contributed by atoms with Crippen LogP contribution in [0.5, 0.6) is 0 Å². The first-order valence-electron chi connectivity index (χ1n) is 9.24. The van der Waals surface area contributed by atoms with Crippen LogP contribution in [0.2, 0.25) is 0 Å². The van der Waals surface area contributed by atoms with Crippen LogP contribution in [-0.4, -0.2) is 37.3 Å². The van der Waals surface area contributed by atoms with Crippen LogP contribution in [0.15, 0.2) is 40.8 Å². The molecule has 1 aromatic heterocycles. The fraction of sp³-hybridized carbons (Fsp3) is 0.333. The van der Waals surface area contributed by atoms with Crippen molar-refractivity contribution in [3.05, 3.63) is 52.9 Å². The van der Waals surface area contributed by atoms with Crippen molar-refractivity contribution in [3.8, 4) is 6.07 Å². The zero-order valence-electron chi connectivity index (χ0n) is 17.4. The summed E-state index contributed by atoms with van der Waals surface area (Å²) in [7, 11) is -0.639. The van der Waals surface area contributed by atoms with Gasteiger partial charge in [-0.05, 0) is 62.2 Å². The molecule has 0 spiro atoms. The Bertz CT molecular complexity index is 1070. The lowest BCUT2D eigenvalue weighted by Gasteiger charge is -2.12. The molecule has 0 aliphatic heterocycles. The number of nitrogens with one attached hydrogen (secondary N) is 1. The molecule has 8 heteroatoms. The largest absolute Gasteiger partial charge is 0.349 e. The summed E-state index contributed by atoms with van der Waals surface area (Å²) in [5, 5.41) is 12.1.